The fourth-order valence-corrected chi connectivity index (χ4v) is 4.81. The van der Waals surface area contributed by atoms with Crippen LogP contribution in [0, 0.1) is 0 Å². The van der Waals surface area contributed by atoms with Gasteiger partial charge in [-0.15, -0.1) is 0 Å². The molecule has 1 saturated carbocycles. The molecule has 0 bridgehead atoms. The highest BCUT2D eigenvalue weighted by Gasteiger charge is 2.34. The molecule has 0 saturated heterocycles. The summed E-state index contributed by atoms with van der Waals surface area (Å²) in [6.45, 7) is 0.537. The summed E-state index contributed by atoms with van der Waals surface area (Å²) in [5, 5.41) is 0. The third-order valence-corrected chi connectivity index (χ3v) is 6.12. The van der Waals surface area contributed by atoms with Crippen LogP contribution >= 0.6 is 15.9 Å². The van der Waals surface area contributed by atoms with E-state index < -0.39 is 9.84 Å². The van der Waals surface area contributed by atoms with E-state index in [-0.39, 0.29) is 10.3 Å². The molecule has 21 heavy (non-hydrogen) atoms. The molecule has 2 rings (SSSR count). The molecule has 0 unspecified atom stereocenters. The monoisotopic (exact) mass is 375 g/mol. The Bertz CT molecular complexity index is 622. The Morgan fingerprint density at radius 2 is 1.90 bits per heavy atom. The average Bonchev–Trinajstić information content (AvgIpc) is 2.46. The quantitative estimate of drug-likeness (QED) is 0.877. The predicted molar refractivity (Wildman–Crippen MR) is 87.6 cm³/mol. The Hall–Kier alpha value is -0.590. The van der Waals surface area contributed by atoms with Gasteiger partial charge in [-0.3, -0.25) is 0 Å². The number of hydrogen-bond acceptors (Lipinski definition) is 4. The number of nitrogens with two attached hydrogens (primary N) is 1. The van der Waals surface area contributed by atoms with Crippen LogP contribution in [0.2, 0.25) is 0 Å². The average molecular weight is 376 g/mol. The molecule has 0 aromatic heterocycles. The molecule has 6 heteroatoms. The summed E-state index contributed by atoms with van der Waals surface area (Å²) in [4.78, 5) is 0.229. The maximum atomic E-state index is 12.1. The standard InChI is InChI=1S/C15H22BrNO3S/c1-20-14-12(16)8-11(9-13(14)21(2,18)19)15(10-17)6-4-3-5-7-15/h8-9H,3-7,10,17H2,1-2H3. The van der Waals surface area contributed by atoms with Crippen LogP contribution in [-0.4, -0.2) is 28.3 Å². The molecule has 1 aromatic carbocycles. The lowest BCUT2D eigenvalue weighted by Crippen LogP contribution is -2.37. The van der Waals surface area contributed by atoms with Crippen molar-refractivity contribution in [2.24, 2.45) is 5.73 Å². The van der Waals surface area contributed by atoms with Gasteiger partial charge in [0.2, 0.25) is 0 Å². The summed E-state index contributed by atoms with van der Waals surface area (Å²) in [5.74, 6) is 0.365. The number of hydrogen-bond donors (Lipinski definition) is 1. The molecule has 0 amide bonds. The lowest BCUT2D eigenvalue weighted by atomic mass is 9.69. The number of benzene rings is 1. The highest BCUT2D eigenvalue weighted by atomic mass is 79.9. The van der Waals surface area contributed by atoms with Crippen LogP contribution in [0.25, 0.3) is 0 Å². The lowest BCUT2D eigenvalue weighted by Gasteiger charge is -2.37. The fourth-order valence-electron chi connectivity index (χ4n) is 3.19. The van der Waals surface area contributed by atoms with Crippen LogP contribution in [0.15, 0.2) is 21.5 Å². The van der Waals surface area contributed by atoms with Gasteiger partial charge in [0, 0.05) is 18.2 Å². The zero-order valence-corrected chi connectivity index (χ0v) is 14.9. The van der Waals surface area contributed by atoms with Crippen molar-refractivity contribution in [3.8, 4) is 5.75 Å². The number of rotatable bonds is 4. The molecule has 0 radical (unpaired) electrons. The zero-order valence-electron chi connectivity index (χ0n) is 12.5. The summed E-state index contributed by atoms with van der Waals surface area (Å²) < 4.78 is 30.0. The van der Waals surface area contributed by atoms with E-state index in [9.17, 15) is 8.42 Å². The Morgan fingerprint density at radius 1 is 1.29 bits per heavy atom. The van der Waals surface area contributed by atoms with Crippen molar-refractivity contribution in [2.75, 3.05) is 19.9 Å². The summed E-state index contributed by atoms with van der Waals surface area (Å²) in [6.07, 6.45) is 6.70. The third-order valence-electron chi connectivity index (χ3n) is 4.43. The minimum Gasteiger partial charge on any atom is -0.494 e. The number of ether oxygens (including phenoxy) is 1. The Morgan fingerprint density at radius 3 is 2.38 bits per heavy atom. The van der Waals surface area contributed by atoms with Gasteiger partial charge in [0.25, 0.3) is 0 Å². The smallest absolute Gasteiger partial charge is 0.179 e. The Kier molecular flexibility index (Phi) is 5.00. The van der Waals surface area contributed by atoms with E-state index in [2.05, 4.69) is 15.9 Å². The van der Waals surface area contributed by atoms with E-state index in [0.29, 0.717) is 16.8 Å². The zero-order chi connectivity index (χ0) is 15.7. The van der Waals surface area contributed by atoms with Gasteiger partial charge in [0.15, 0.2) is 15.6 Å². The van der Waals surface area contributed by atoms with E-state index in [0.717, 1.165) is 31.2 Å². The number of halogens is 1. The van der Waals surface area contributed by atoms with Gasteiger partial charge in [0.05, 0.1) is 11.6 Å². The Labute approximate surface area is 135 Å². The van der Waals surface area contributed by atoms with Crippen LogP contribution < -0.4 is 10.5 Å². The van der Waals surface area contributed by atoms with Crippen LogP contribution in [0.3, 0.4) is 0 Å². The fraction of sp³-hybridized carbons (Fsp3) is 0.600. The van der Waals surface area contributed by atoms with Crippen LogP contribution in [0.5, 0.6) is 5.75 Å². The van der Waals surface area contributed by atoms with Crippen molar-refractivity contribution in [1.82, 2.24) is 0 Å². The molecule has 0 heterocycles. The molecule has 0 aliphatic heterocycles. The molecule has 1 aliphatic rings. The van der Waals surface area contributed by atoms with Crippen molar-refractivity contribution >= 4 is 25.8 Å². The first-order valence-corrected chi connectivity index (χ1v) is 9.81. The summed E-state index contributed by atoms with van der Waals surface area (Å²) >= 11 is 3.44. The van der Waals surface area contributed by atoms with Crippen LogP contribution in [-0.2, 0) is 15.3 Å². The third kappa shape index (κ3) is 3.27. The van der Waals surface area contributed by atoms with Gasteiger partial charge in [-0.05, 0) is 46.5 Å². The summed E-state index contributed by atoms with van der Waals surface area (Å²) in [5.41, 5.74) is 6.93. The molecule has 4 nitrogen and oxygen atoms in total. The van der Waals surface area contributed by atoms with Gasteiger partial charge in [0.1, 0.15) is 4.90 Å². The van der Waals surface area contributed by atoms with E-state index >= 15 is 0 Å². The van der Waals surface area contributed by atoms with Gasteiger partial charge < -0.3 is 10.5 Å². The largest absolute Gasteiger partial charge is 0.494 e. The van der Waals surface area contributed by atoms with Crippen molar-refractivity contribution in [3.63, 3.8) is 0 Å². The van der Waals surface area contributed by atoms with E-state index in [1.165, 1.54) is 19.8 Å². The van der Waals surface area contributed by atoms with Gasteiger partial charge in [-0.25, -0.2) is 8.42 Å². The molecule has 1 fully saturated rings. The summed E-state index contributed by atoms with van der Waals surface area (Å²) in [6, 6.07) is 3.71. The highest BCUT2D eigenvalue weighted by Crippen LogP contribution is 2.43. The first-order chi connectivity index (χ1) is 9.84. The van der Waals surface area contributed by atoms with Crippen molar-refractivity contribution in [3.05, 3.63) is 22.2 Å². The molecule has 2 N–H and O–H groups in total. The molecule has 1 aromatic rings. The second-order valence-electron chi connectivity index (χ2n) is 5.81. The SMILES string of the molecule is COc1c(Br)cc(C2(CN)CCCCC2)cc1S(C)(=O)=O. The second-order valence-corrected chi connectivity index (χ2v) is 8.65. The number of methoxy groups -OCH3 is 1. The normalized spacial score (nSPS) is 18.5. The summed E-state index contributed by atoms with van der Waals surface area (Å²) in [7, 11) is -1.88. The minimum absolute atomic E-state index is 0.119. The van der Waals surface area contributed by atoms with Crippen molar-refractivity contribution in [2.45, 2.75) is 42.4 Å². The topological polar surface area (TPSA) is 69.4 Å². The molecule has 1 aliphatic carbocycles. The molecule has 0 spiro atoms. The maximum absolute atomic E-state index is 12.1. The maximum Gasteiger partial charge on any atom is 0.179 e. The van der Waals surface area contributed by atoms with Crippen molar-refractivity contribution in [1.29, 1.82) is 0 Å². The first kappa shape index (κ1) is 16.8. The number of sulfone groups is 1. The van der Waals surface area contributed by atoms with Gasteiger partial charge in [-0.2, -0.15) is 0 Å². The van der Waals surface area contributed by atoms with Crippen molar-refractivity contribution < 1.29 is 13.2 Å². The van der Waals surface area contributed by atoms with E-state index in [1.54, 1.807) is 6.07 Å². The minimum atomic E-state index is -3.36. The molecule has 0 atom stereocenters. The Balaban J connectivity index is 2.62. The highest BCUT2D eigenvalue weighted by molar-refractivity contribution is 9.10. The van der Waals surface area contributed by atoms with E-state index in [1.807, 2.05) is 6.07 Å². The van der Waals surface area contributed by atoms with E-state index in [4.69, 9.17) is 10.5 Å². The second kappa shape index (κ2) is 6.26. The van der Waals surface area contributed by atoms with Gasteiger partial charge >= 0.3 is 0 Å². The molecular weight excluding hydrogens is 354 g/mol. The van der Waals surface area contributed by atoms with Gasteiger partial charge in [-0.1, -0.05) is 19.3 Å². The first-order valence-electron chi connectivity index (χ1n) is 7.12. The van der Waals surface area contributed by atoms with Crippen LogP contribution in [0.1, 0.15) is 37.7 Å². The van der Waals surface area contributed by atoms with Crippen LogP contribution in [0.4, 0.5) is 0 Å². The molecule has 118 valence electrons. The lowest BCUT2D eigenvalue weighted by molar-refractivity contribution is 0.299. The predicted octanol–water partition coefficient (Wildman–Crippen LogP) is 3.02. The molecular formula is C15H22BrNO3S.